The average molecular weight is 472 g/mol. The summed E-state index contributed by atoms with van der Waals surface area (Å²) in [5, 5.41) is 10.7. The Balaban J connectivity index is 0.00000289. The third kappa shape index (κ3) is 4.88. The number of benzene rings is 2. The van der Waals surface area contributed by atoms with E-state index in [9.17, 15) is 14.6 Å². The van der Waals surface area contributed by atoms with Crippen LogP contribution >= 0.6 is 0 Å². The number of halogens is 1. The Bertz CT molecular complexity index is 1130. The largest absolute Gasteiger partial charge is 2.00 e. The molecule has 0 unspecified atom stereocenters. The molecule has 0 saturated carbocycles. The third-order valence-corrected chi connectivity index (χ3v) is 5.11. The van der Waals surface area contributed by atoms with E-state index in [1.165, 1.54) is 19.2 Å². The minimum absolute atomic E-state index is 0. The molecule has 1 saturated heterocycles. The van der Waals surface area contributed by atoms with Crippen LogP contribution in [0.15, 0.2) is 54.7 Å². The van der Waals surface area contributed by atoms with E-state index in [1.807, 2.05) is 6.07 Å². The second-order valence-corrected chi connectivity index (χ2v) is 7.04. The summed E-state index contributed by atoms with van der Waals surface area (Å²) in [5.74, 6) is -0.693. The first-order valence-corrected chi connectivity index (χ1v) is 9.83. The monoisotopic (exact) mass is 472 g/mol. The maximum absolute atomic E-state index is 14.0. The molecule has 1 amide bonds. The number of morpholine rings is 1. The summed E-state index contributed by atoms with van der Waals surface area (Å²) in [4.78, 5) is 18.7. The van der Waals surface area contributed by atoms with Crippen molar-refractivity contribution in [2.75, 3.05) is 33.4 Å². The minimum atomic E-state index is -0.579. The van der Waals surface area contributed by atoms with Gasteiger partial charge in [0.15, 0.2) is 11.6 Å². The minimum Gasteiger partial charge on any atom is -0.855 e. The van der Waals surface area contributed by atoms with Crippen molar-refractivity contribution in [2.45, 2.75) is 0 Å². The van der Waals surface area contributed by atoms with Crippen molar-refractivity contribution >= 4 is 11.6 Å². The Hall–Kier alpha value is -3.06. The van der Waals surface area contributed by atoms with Gasteiger partial charge in [-0.1, -0.05) is 29.8 Å². The molecule has 0 spiro atoms. The summed E-state index contributed by atoms with van der Waals surface area (Å²) in [5.41, 5.74) is 2.30. The van der Waals surface area contributed by atoms with E-state index < -0.39 is 5.82 Å². The van der Waals surface area contributed by atoms with Crippen molar-refractivity contribution in [3.05, 3.63) is 88.8 Å². The van der Waals surface area contributed by atoms with E-state index >= 15 is 0 Å². The van der Waals surface area contributed by atoms with E-state index in [1.54, 1.807) is 41.4 Å². The van der Waals surface area contributed by atoms with Crippen LogP contribution in [0, 0.1) is 12.0 Å². The molecule has 1 aliphatic rings. The van der Waals surface area contributed by atoms with Gasteiger partial charge in [-0.05, 0) is 41.7 Å². The zero-order chi connectivity index (χ0) is 21.8. The fourth-order valence-corrected chi connectivity index (χ4v) is 3.50. The van der Waals surface area contributed by atoms with E-state index in [2.05, 4.69) is 11.2 Å². The number of carbonyl (C=O) groups is 1. The molecule has 32 heavy (non-hydrogen) atoms. The first-order chi connectivity index (χ1) is 15.1. The molecule has 0 bridgehead atoms. The van der Waals surface area contributed by atoms with E-state index in [4.69, 9.17) is 9.47 Å². The Morgan fingerprint density at radius 2 is 1.91 bits per heavy atom. The predicted octanol–water partition coefficient (Wildman–Crippen LogP) is 3.57. The molecule has 1 radical (unpaired) electrons. The van der Waals surface area contributed by atoms with E-state index in [-0.39, 0.29) is 45.6 Å². The molecule has 0 aliphatic carbocycles. The summed E-state index contributed by atoms with van der Waals surface area (Å²) in [6.45, 7) is 2.19. The van der Waals surface area contributed by atoms with Gasteiger partial charge in [0.05, 0.1) is 20.3 Å². The number of nitrogens with zero attached hydrogens (tertiary/aromatic N) is 3. The zero-order valence-electron chi connectivity index (χ0n) is 17.3. The maximum atomic E-state index is 14.0. The number of rotatable bonds is 5. The molecule has 3 aromatic rings. The van der Waals surface area contributed by atoms with Crippen LogP contribution in [0.2, 0.25) is 0 Å². The number of amides is 1. The standard InChI is InChI=1S/C24H20FN3O3.Mn/c1-30-23-20(6-3-7-21(23)25)22(26)19-13-18(14-27-15-19)16-4-2-5-17(12-16)24(29)28-8-10-31-11-9-28;/h2-7,12-14H,8-11H2,1H3;/q-2;+2. The molecule has 163 valence electrons. The number of hydrogen-bond acceptors (Lipinski definition) is 4. The van der Waals surface area contributed by atoms with Crippen molar-refractivity contribution < 1.29 is 35.7 Å². The summed E-state index contributed by atoms with van der Waals surface area (Å²) in [6.07, 6.45) is 4.33. The van der Waals surface area contributed by atoms with Crippen LogP contribution in [-0.2, 0) is 21.8 Å². The van der Waals surface area contributed by atoms with E-state index in [0.29, 0.717) is 37.4 Å². The number of aromatic nitrogens is 1. The number of ether oxygens (including phenoxy) is 2. The normalized spacial score (nSPS) is 13.2. The molecule has 2 aromatic carbocycles. The van der Waals surface area contributed by atoms with Gasteiger partial charge in [0.1, 0.15) is 0 Å². The first kappa shape index (κ1) is 23.6. The van der Waals surface area contributed by atoms with Crippen molar-refractivity contribution in [3.8, 4) is 16.9 Å². The van der Waals surface area contributed by atoms with Crippen LogP contribution in [-0.4, -0.2) is 54.9 Å². The molecule has 1 fully saturated rings. The predicted molar refractivity (Wildman–Crippen MR) is 115 cm³/mol. The fraction of sp³-hybridized carbons (Fsp3) is 0.208. The van der Waals surface area contributed by atoms with Crippen molar-refractivity contribution in [3.63, 3.8) is 0 Å². The molecular formula is C24H20FMnN3O3. The van der Waals surface area contributed by atoms with Gasteiger partial charge >= 0.3 is 17.1 Å². The molecule has 1 aliphatic heterocycles. The van der Waals surface area contributed by atoms with Crippen LogP contribution in [0.1, 0.15) is 21.5 Å². The van der Waals surface area contributed by atoms with Gasteiger partial charge in [-0.25, -0.2) is 10.1 Å². The number of carbonyl (C=O) groups excluding carboxylic acids is 1. The Kier molecular flexibility index (Phi) is 7.75. The maximum Gasteiger partial charge on any atom is 2.00 e. The van der Waals surface area contributed by atoms with Crippen molar-refractivity contribution in [1.82, 2.24) is 9.88 Å². The second-order valence-electron chi connectivity index (χ2n) is 7.04. The van der Waals surface area contributed by atoms with Gasteiger partial charge < -0.3 is 24.8 Å². The summed E-state index contributed by atoms with van der Waals surface area (Å²) >= 11 is 0. The second kappa shape index (κ2) is 10.5. The van der Waals surface area contributed by atoms with Gasteiger partial charge in [0.2, 0.25) is 0 Å². The molecule has 0 atom stereocenters. The molecular weight excluding hydrogens is 452 g/mol. The van der Waals surface area contributed by atoms with Crippen molar-refractivity contribution in [1.29, 1.82) is 0 Å². The number of pyridine rings is 1. The van der Waals surface area contributed by atoms with Crippen LogP contribution in [0.25, 0.3) is 16.5 Å². The fourth-order valence-electron chi connectivity index (χ4n) is 3.50. The quantitative estimate of drug-likeness (QED) is 0.323. The Morgan fingerprint density at radius 3 is 2.66 bits per heavy atom. The number of methoxy groups -OCH3 is 1. The summed E-state index contributed by atoms with van der Waals surface area (Å²) in [7, 11) is 1.34. The van der Waals surface area contributed by atoms with Crippen molar-refractivity contribution in [2.24, 2.45) is 0 Å². The number of para-hydroxylation sites is 1. The van der Waals surface area contributed by atoms with Gasteiger partial charge in [-0.3, -0.25) is 4.79 Å². The van der Waals surface area contributed by atoms with Crippen LogP contribution in [0.4, 0.5) is 4.39 Å². The average Bonchev–Trinajstić information content (AvgIpc) is 2.83. The zero-order valence-corrected chi connectivity index (χ0v) is 18.5. The molecule has 4 rings (SSSR count). The Labute approximate surface area is 196 Å². The van der Waals surface area contributed by atoms with Gasteiger partial charge in [-0.15, -0.1) is 11.6 Å². The molecule has 6 nitrogen and oxygen atoms in total. The number of hydrogen-bond donors (Lipinski definition) is 0. The summed E-state index contributed by atoms with van der Waals surface area (Å²) < 4.78 is 24.4. The molecule has 0 N–H and O–H groups in total. The Morgan fingerprint density at radius 1 is 1.16 bits per heavy atom. The molecule has 8 heteroatoms. The first-order valence-electron chi connectivity index (χ1n) is 9.83. The van der Waals surface area contributed by atoms with Crippen LogP contribution in [0.3, 0.4) is 0 Å². The van der Waals surface area contributed by atoms with Crippen LogP contribution in [0.5, 0.6) is 5.75 Å². The topological polar surface area (TPSA) is 74.0 Å². The third-order valence-electron chi connectivity index (χ3n) is 5.11. The van der Waals surface area contributed by atoms with Gasteiger partial charge in [0, 0.05) is 18.7 Å². The van der Waals surface area contributed by atoms with Gasteiger partial charge in [0.25, 0.3) is 5.91 Å². The van der Waals surface area contributed by atoms with Crippen LogP contribution < -0.4 is 4.74 Å². The smallest absolute Gasteiger partial charge is 0.855 e. The van der Waals surface area contributed by atoms with Gasteiger partial charge in [-0.2, -0.15) is 0 Å². The molecule has 2 heterocycles. The summed E-state index contributed by atoms with van der Waals surface area (Å²) in [6, 6.07) is 13.2. The van der Waals surface area contributed by atoms with E-state index in [0.717, 1.165) is 5.56 Å². The SMILES string of the molecule is COc1c(F)cccc1C(=[N-])c1[c-]ncc(-c2cccc(C(=O)N3CCOCC3)c2)c1.[Mn+2]. The molecule has 1 aromatic heterocycles.